The van der Waals surface area contributed by atoms with Crippen LogP contribution in [0.5, 0.6) is 0 Å². The quantitative estimate of drug-likeness (QED) is 0.479. The van der Waals surface area contributed by atoms with Gasteiger partial charge in [-0.05, 0) is 6.42 Å². The zero-order chi connectivity index (χ0) is 8.85. The van der Waals surface area contributed by atoms with Gasteiger partial charge in [0, 0.05) is 0 Å². The Balaban J connectivity index is 4.12. The second-order valence-electron chi connectivity index (χ2n) is 2.07. The molecule has 0 aromatic heterocycles. The molecule has 3 atom stereocenters. The van der Waals surface area contributed by atoms with Gasteiger partial charge in [0.2, 0.25) is 0 Å². The van der Waals surface area contributed by atoms with Crippen LogP contribution in [0.15, 0.2) is 25.3 Å². The van der Waals surface area contributed by atoms with Crippen molar-refractivity contribution in [2.45, 2.75) is 17.8 Å². The third kappa shape index (κ3) is 3.46. The first-order chi connectivity index (χ1) is 5.13. The molecule has 0 aliphatic rings. The highest BCUT2D eigenvalue weighted by Crippen LogP contribution is 2.06. The van der Waals surface area contributed by atoms with Gasteiger partial charge in [0.15, 0.2) is 11.1 Å². The molecule has 2 N–H and O–H groups in total. The van der Waals surface area contributed by atoms with E-state index in [0.717, 1.165) is 0 Å². The predicted octanol–water partition coefficient (Wildman–Crippen LogP) is 0.700. The van der Waals surface area contributed by atoms with Gasteiger partial charge < -0.3 is 9.66 Å². The van der Waals surface area contributed by atoms with Crippen LogP contribution in [0.4, 0.5) is 0 Å². The van der Waals surface area contributed by atoms with E-state index in [9.17, 15) is 9.32 Å². The van der Waals surface area contributed by atoms with Crippen molar-refractivity contribution in [2.24, 2.45) is 0 Å². The molecule has 0 spiro atoms. The van der Waals surface area contributed by atoms with Crippen LogP contribution in [0.3, 0.4) is 0 Å². The fourth-order valence-corrected chi connectivity index (χ4v) is 1.22. The summed E-state index contributed by atoms with van der Waals surface area (Å²) in [5.74, 6) is 0. The number of rotatable bonds is 5. The summed E-state index contributed by atoms with van der Waals surface area (Å²) in [5.41, 5.74) is 0. The van der Waals surface area contributed by atoms with Gasteiger partial charge in [-0.2, -0.15) is 0 Å². The van der Waals surface area contributed by atoms with Crippen LogP contribution in [0.2, 0.25) is 0 Å². The lowest BCUT2D eigenvalue weighted by Gasteiger charge is -2.13. The van der Waals surface area contributed by atoms with Crippen molar-refractivity contribution in [1.29, 1.82) is 0 Å². The Bertz CT molecular complexity index is 167. The maximum absolute atomic E-state index is 10.5. The van der Waals surface area contributed by atoms with Crippen molar-refractivity contribution >= 4 is 11.1 Å². The number of hydrogen-bond acceptors (Lipinski definition) is 2. The Kier molecular flexibility index (Phi) is 5.02. The van der Waals surface area contributed by atoms with Crippen LogP contribution >= 0.6 is 0 Å². The van der Waals surface area contributed by atoms with Crippen LogP contribution in [0.1, 0.15) is 6.42 Å². The average molecular weight is 176 g/mol. The molecule has 0 aromatic rings. The largest absolute Gasteiger partial charge is 0.391 e. The van der Waals surface area contributed by atoms with Gasteiger partial charge in [-0.1, -0.05) is 12.2 Å². The van der Waals surface area contributed by atoms with Crippen LogP contribution in [-0.2, 0) is 11.1 Å². The molecule has 0 amide bonds. The maximum atomic E-state index is 10.5. The molecule has 0 heterocycles. The number of aliphatic hydroxyl groups is 1. The molecule has 3 nitrogen and oxygen atoms in total. The molecule has 0 bridgehead atoms. The molecule has 0 aromatic carbocycles. The first-order valence-corrected chi connectivity index (χ1v) is 4.31. The predicted molar refractivity (Wildman–Crippen MR) is 45.6 cm³/mol. The Morgan fingerprint density at radius 3 is 2.36 bits per heavy atom. The highest BCUT2D eigenvalue weighted by Gasteiger charge is 2.19. The van der Waals surface area contributed by atoms with Gasteiger partial charge in [-0.25, -0.2) is 4.21 Å². The summed E-state index contributed by atoms with van der Waals surface area (Å²) >= 11 is -2.05. The van der Waals surface area contributed by atoms with E-state index in [2.05, 4.69) is 13.2 Å². The van der Waals surface area contributed by atoms with E-state index in [0.29, 0.717) is 6.42 Å². The lowest BCUT2D eigenvalue weighted by molar-refractivity contribution is 0.183. The van der Waals surface area contributed by atoms with E-state index in [1.54, 1.807) is 0 Å². The fourth-order valence-electron chi connectivity index (χ4n) is 0.679. The smallest absolute Gasteiger partial charge is 0.162 e. The molecule has 0 fully saturated rings. The minimum atomic E-state index is -2.05. The summed E-state index contributed by atoms with van der Waals surface area (Å²) in [6, 6.07) is 0. The zero-order valence-electron chi connectivity index (χ0n) is 6.14. The summed E-state index contributed by atoms with van der Waals surface area (Å²) in [6.45, 7) is 6.74. The second-order valence-corrected chi connectivity index (χ2v) is 3.16. The molecule has 0 rings (SSSR count). The Morgan fingerprint density at radius 1 is 1.55 bits per heavy atom. The molecule has 3 unspecified atom stereocenters. The topological polar surface area (TPSA) is 57.5 Å². The molecule has 4 heteroatoms. The normalized spacial score (nSPS) is 18.4. The van der Waals surface area contributed by atoms with Crippen LogP contribution in [-0.4, -0.2) is 25.2 Å². The standard InChI is InChI=1S/C7H12O3S/c1-3-5-6(8)7(4-2)11(9)10/h3-4,6-8H,1-2,5H2,(H,9,10). The van der Waals surface area contributed by atoms with Crippen LogP contribution in [0, 0.1) is 0 Å². The molecule has 11 heavy (non-hydrogen) atoms. The van der Waals surface area contributed by atoms with Crippen LogP contribution in [0.25, 0.3) is 0 Å². The lowest BCUT2D eigenvalue weighted by atomic mass is 10.2. The van der Waals surface area contributed by atoms with Crippen molar-refractivity contribution < 1.29 is 13.9 Å². The van der Waals surface area contributed by atoms with Crippen molar-refractivity contribution in [3.63, 3.8) is 0 Å². The molecule has 0 saturated heterocycles. The first-order valence-electron chi connectivity index (χ1n) is 3.14. The highest BCUT2D eigenvalue weighted by molar-refractivity contribution is 7.80. The summed E-state index contributed by atoms with van der Waals surface area (Å²) in [5, 5.41) is 8.40. The van der Waals surface area contributed by atoms with E-state index < -0.39 is 22.4 Å². The molecule has 0 saturated carbocycles. The molecular weight excluding hydrogens is 164 g/mol. The lowest BCUT2D eigenvalue weighted by Crippen LogP contribution is -2.27. The zero-order valence-corrected chi connectivity index (χ0v) is 6.96. The summed E-state index contributed by atoms with van der Waals surface area (Å²) in [4.78, 5) is 0. The fraction of sp³-hybridized carbons (Fsp3) is 0.429. The Labute approximate surface area is 68.7 Å². The van der Waals surface area contributed by atoms with Gasteiger partial charge >= 0.3 is 0 Å². The van der Waals surface area contributed by atoms with E-state index >= 15 is 0 Å². The van der Waals surface area contributed by atoms with E-state index in [4.69, 9.17) is 4.55 Å². The van der Waals surface area contributed by atoms with Gasteiger partial charge in [0.25, 0.3) is 0 Å². The molecule has 0 aliphatic carbocycles. The van der Waals surface area contributed by atoms with E-state index in [1.807, 2.05) is 0 Å². The Morgan fingerprint density at radius 2 is 2.09 bits per heavy atom. The first kappa shape index (κ1) is 10.6. The van der Waals surface area contributed by atoms with Crippen molar-refractivity contribution in [1.82, 2.24) is 0 Å². The van der Waals surface area contributed by atoms with Crippen molar-refractivity contribution in [3.8, 4) is 0 Å². The third-order valence-electron chi connectivity index (χ3n) is 1.25. The van der Waals surface area contributed by atoms with Crippen molar-refractivity contribution in [3.05, 3.63) is 25.3 Å². The van der Waals surface area contributed by atoms with Crippen molar-refractivity contribution in [2.75, 3.05) is 0 Å². The maximum Gasteiger partial charge on any atom is 0.162 e. The summed E-state index contributed by atoms with van der Waals surface area (Å²) in [7, 11) is 0. The molecule has 0 radical (unpaired) electrons. The second kappa shape index (κ2) is 5.23. The number of aliphatic hydroxyl groups excluding tert-OH is 1. The highest BCUT2D eigenvalue weighted by atomic mass is 32.2. The van der Waals surface area contributed by atoms with Crippen LogP contribution < -0.4 is 0 Å². The molecular formula is C7H12O3S. The van der Waals surface area contributed by atoms with E-state index in [1.165, 1.54) is 12.2 Å². The molecule has 64 valence electrons. The third-order valence-corrected chi connectivity index (χ3v) is 2.22. The van der Waals surface area contributed by atoms with Gasteiger partial charge in [-0.15, -0.1) is 13.2 Å². The summed E-state index contributed by atoms with van der Waals surface area (Å²) < 4.78 is 19.1. The van der Waals surface area contributed by atoms with Gasteiger partial charge in [0.05, 0.1) is 6.10 Å². The molecule has 0 aliphatic heterocycles. The Hall–Kier alpha value is -0.450. The SMILES string of the molecule is C=CCC(O)C(C=C)S(=O)O. The summed E-state index contributed by atoms with van der Waals surface area (Å²) in [6.07, 6.45) is 2.19. The van der Waals surface area contributed by atoms with Gasteiger partial charge in [0.1, 0.15) is 5.25 Å². The monoisotopic (exact) mass is 176 g/mol. The minimum Gasteiger partial charge on any atom is -0.391 e. The minimum absolute atomic E-state index is 0.295. The van der Waals surface area contributed by atoms with E-state index in [-0.39, 0.29) is 0 Å². The average Bonchev–Trinajstić information content (AvgIpc) is 1.88. The van der Waals surface area contributed by atoms with Gasteiger partial charge in [-0.3, -0.25) is 0 Å². The number of hydrogen-bond donors (Lipinski definition) is 2.